The molecule has 1 saturated heterocycles. The lowest BCUT2D eigenvalue weighted by Gasteiger charge is -2.18. The molecule has 0 unspecified atom stereocenters. The fraction of sp³-hybridized carbons (Fsp3) is 0.450. The van der Waals surface area contributed by atoms with Crippen LogP contribution in [0.4, 0.5) is 5.69 Å². The highest BCUT2D eigenvalue weighted by Crippen LogP contribution is 2.52. The van der Waals surface area contributed by atoms with Crippen LogP contribution in [0.25, 0.3) is 0 Å². The number of fused-ring (bicyclic) bond motifs is 5. The molecule has 4 rings (SSSR count). The molecule has 154 valence electrons. The number of carbonyl (C=O) groups excluding carboxylic acids is 3. The van der Waals surface area contributed by atoms with Crippen LogP contribution in [0.15, 0.2) is 35.2 Å². The van der Waals surface area contributed by atoms with E-state index in [0.717, 1.165) is 15.6 Å². The largest absolute Gasteiger partial charge is 0.324 e. The van der Waals surface area contributed by atoms with Gasteiger partial charge in [-0.1, -0.05) is 18.2 Å². The first kappa shape index (κ1) is 19.8. The molecule has 1 aliphatic heterocycles. The highest BCUT2D eigenvalue weighted by atomic mass is 32.2. The van der Waals surface area contributed by atoms with Crippen molar-refractivity contribution in [2.24, 2.45) is 23.7 Å². The molecule has 3 amide bonds. The standard InChI is InChI=1S/C20H23N3O5S/c1-11-4-7-14(9-15(11)29(27,28)22(2)3)21-16(24)10-23-19(25)17-12-5-6-13(8-12)18(17)20(23)26/h4-7,9,12-13,17-18H,8,10H2,1-3H3,(H,21,24)/t12-,13-,17-,18+/m1/s1. The number of anilines is 1. The number of amides is 3. The molecule has 0 spiro atoms. The topological polar surface area (TPSA) is 104 Å². The van der Waals surface area contributed by atoms with Crippen molar-refractivity contribution in [2.75, 3.05) is 26.0 Å². The number of imide groups is 1. The quantitative estimate of drug-likeness (QED) is 0.568. The van der Waals surface area contributed by atoms with E-state index in [9.17, 15) is 22.8 Å². The SMILES string of the molecule is Cc1ccc(NC(=O)CN2C(=O)[C@@H]3[C@H](C2=O)[C@@H]2C=C[C@@H]3C2)cc1S(=O)(=O)N(C)C. The Morgan fingerprint density at radius 3 is 2.28 bits per heavy atom. The lowest BCUT2D eigenvalue weighted by atomic mass is 9.85. The van der Waals surface area contributed by atoms with Crippen LogP contribution >= 0.6 is 0 Å². The molecule has 9 heteroatoms. The van der Waals surface area contributed by atoms with Crippen molar-refractivity contribution >= 4 is 33.4 Å². The van der Waals surface area contributed by atoms with Crippen molar-refractivity contribution in [2.45, 2.75) is 18.2 Å². The van der Waals surface area contributed by atoms with Gasteiger partial charge in [-0.25, -0.2) is 12.7 Å². The number of hydrogen-bond donors (Lipinski definition) is 1. The summed E-state index contributed by atoms with van der Waals surface area (Å²) >= 11 is 0. The number of aryl methyl sites for hydroxylation is 1. The van der Waals surface area contributed by atoms with Crippen molar-refractivity contribution in [3.05, 3.63) is 35.9 Å². The van der Waals surface area contributed by atoms with Crippen LogP contribution in [0.1, 0.15) is 12.0 Å². The molecule has 1 heterocycles. The molecular formula is C20H23N3O5S. The summed E-state index contributed by atoms with van der Waals surface area (Å²) in [5.41, 5.74) is 0.847. The molecule has 1 N–H and O–H groups in total. The van der Waals surface area contributed by atoms with E-state index in [1.807, 2.05) is 12.2 Å². The Morgan fingerprint density at radius 1 is 1.14 bits per heavy atom. The molecule has 2 fully saturated rings. The van der Waals surface area contributed by atoms with Crippen LogP contribution in [0.5, 0.6) is 0 Å². The van der Waals surface area contributed by atoms with Gasteiger partial charge in [0.1, 0.15) is 6.54 Å². The Kier molecular flexibility index (Phi) is 4.62. The Hall–Kier alpha value is -2.52. The number of benzene rings is 1. The van der Waals surface area contributed by atoms with E-state index < -0.39 is 15.9 Å². The second-order valence-corrected chi connectivity index (χ2v) is 10.2. The maximum absolute atomic E-state index is 12.7. The average molecular weight is 417 g/mol. The lowest BCUT2D eigenvalue weighted by molar-refractivity contribution is -0.143. The van der Waals surface area contributed by atoms with Gasteiger partial charge in [0, 0.05) is 19.8 Å². The third kappa shape index (κ3) is 3.08. The van der Waals surface area contributed by atoms with E-state index in [1.165, 1.54) is 20.2 Å². The predicted molar refractivity (Wildman–Crippen MR) is 105 cm³/mol. The van der Waals surface area contributed by atoms with Crippen molar-refractivity contribution < 1.29 is 22.8 Å². The number of nitrogens with zero attached hydrogens (tertiary/aromatic N) is 2. The smallest absolute Gasteiger partial charge is 0.244 e. The normalized spacial score (nSPS) is 27.8. The molecule has 29 heavy (non-hydrogen) atoms. The Balaban J connectivity index is 1.49. The fourth-order valence-electron chi connectivity index (χ4n) is 4.62. The van der Waals surface area contributed by atoms with Gasteiger partial charge in [-0.2, -0.15) is 0 Å². The molecule has 4 atom stereocenters. The number of carbonyl (C=O) groups is 3. The Morgan fingerprint density at radius 2 is 1.72 bits per heavy atom. The zero-order chi connectivity index (χ0) is 21.1. The van der Waals surface area contributed by atoms with Crippen LogP contribution in [0.3, 0.4) is 0 Å². The minimum Gasteiger partial charge on any atom is -0.324 e. The average Bonchev–Trinajstić information content (AvgIpc) is 3.33. The zero-order valence-electron chi connectivity index (χ0n) is 16.5. The number of likely N-dealkylation sites (tertiary alicyclic amines) is 1. The molecule has 0 aromatic heterocycles. The monoisotopic (exact) mass is 417 g/mol. The van der Waals surface area contributed by atoms with Gasteiger partial charge in [-0.15, -0.1) is 0 Å². The first-order valence-corrected chi connectivity index (χ1v) is 10.9. The molecular weight excluding hydrogens is 394 g/mol. The number of hydrogen-bond acceptors (Lipinski definition) is 5. The summed E-state index contributed by atoms with van der Waals surface area (Å²) < 4.78 is 26.0. The first-order chi connectivity index (χ1) is 13.6. The number of sulfonamides is 1. The van der Waals surface area contributed by atoms with E-state index in [1.54, 1.807) is 19.1 Å². The van der Waals surface area contributed by atoms with Crippen molar-refractivity contribution in [3.8, 4) is 0 Å². The van der Waals surface area contributed by atoms with E-state index in [-0.39, 0.29) is 46.9 Å². The van der Waals surface area contributed by atoms with Gasteiger partial charge in [-0.3, -0.25) is 19.3 Å². The van der Waals surface area contributed by atoms with E-state index in [0.29, 0.717) is 11.3 Å². The van der Waals surface area contributed by atoms with Crippen molar-refractivity contribution in [3.63, 3.8) is 0 Å². The summed E-state index contributed by atoms with van der Waals surface area (Å²) in [6.07, 6.45) is 4.83. The Labute approximate surface area is 169 Å². The third-order valence-corrected chi connectivity index (χ3v) is 8.05. The molecule has 1 aromatic rings. The van der Waals surface area contributed by atoms with Gasteiger partial charge in [0.05, 0.1) is 16.7 Å². The minimum absolute atomic E-state index is 0.0883. The highest BCUT2D eigenvalue weighted by Gasteiger charge is 2.59. The zero-order valence-corrected chi connectivity index (χ0v) is 17.3. The second-order valence-electron chi connectivity index (χ2n) is 8.08. The number of nitrogens with one attached hydrogen (secondary N) is 1. The number of rotatable bonds is 5. The summed E-state index contributed by atoms with van der Waals surface area (Å²) in [5.74, 6) is -1.62. The van der Waals surface area contributed by atoms with E-state index in [2.05, 4.69) is 5.32 Å². The van der Waals surface area contributed by atoms with Crippen LogP contribution in [0.2, 0.25) is 0 Å². The van der Waals surface area contributed by atoms with Crippen molar-refractivity contribution in [1.29, 1.82) is 0 Å². The van der Waals surface area contributed by atoms with Gasteiger partial charge in [0.2, 0.25) is 27.7 Å². The second kappa shape index (κ2) is 6.77. The van der Waals surface area contributed by atoms with Gasteiger partial charge in [-0.05, 0) is 42.9 Å². The van der Waals surface area contributed by atoms with Gasteiger partial charge in [0.25, 0.3) is 0 Å². The van der Waals surface area contributed by atoms with Crippen LogP contribution in [-0.4, -0.2) is 56.0 Å². The third-order valence-electron chi connectivity index (χ3n) is 6.09. The van der Waals surface area contributed by atoms with Crippen LogP contribution in [-0.2, 0) is 24.4 Å². The highest BCUT2D eigenvalue weighted by molar-refractivity contribution is 7.89. The maximum Gasteiger partial charge on any atom is 0.244 e. The summed E-state index contributed by atoms with van der Waals surface area (Å²) in [4.78, 5) is 39.0. The van der Waals surface area contributed by atoms with Crippen LogP contribution in [0, 0.1) is 30.6 Å². The predicted octanol–water partition coefficient (Wildman–Crippen LogP) is 0.991. The fourth-order valence-corrected chi connectivity index (χ4v) is 5.76. The van der Waals surface area contributed by atoms with Crippen LogP contribution < -0.4 is 5.32 Å². The molecule has 3 aliphatic rings. The van der Waals surface area contributed by atoms with E-state index >= 15 is 0 Å². The molecule has 2 bridgehead atoms. The molecule has 1 aromatic carbocycles. The number of allylic oxidation sites excluding steroid dienone is 2. The molecule has 0 radical (unpaired) electrons. The minimum atomic E-state index is -3.67. The van der Waals surface area contributed by atoms with E-state index in [4.69, 9.17) is 0 Å². The molecule has 1 saturated carbocycles. The van der Waals surface area contributed by atoms with Gasteiger partial charge < -0.3 is 5.32 Å². The van der Waals surface area contributed by atoms with Gasteiger partial charge in [0.15, 0.2) is 0 Å². The van der Waals surface area contributed by atoms with Gasteiger partial charge >= 0.3 is 0 Å². The summed E-state index contributed by atoms with van der Waals surface area (Å²) in [6.45, 7) is 1.30. The van der Waals surface area contributed by atoms with Crippen molar-refractivity contribution in [1.82, 2.24) is 9.21 Å². The summed E-state index contributed by atoms with van der Waals surface area (Å²) in [7, 11) is -0.797. The maximum atomic E-state index is 12.7. The Bertz CT molecular complexity index is 1020. The summed E-state index contributed by atoms with van der Waals surface area (Å²) in [5, 5.41) is 2.61. The molecule has 8 nitrogen and oxygen atoms in total. The lowest BCUT2D eigenvalue weighted by Crippen LogP contribution is -2.39. The first-order valence-electron chi connectivity index (χ1n) is 9.48. The summed E-state index contributed by atoms with van der Waals surface area (Å²) in [6, 6.07) is 4.58. The molecule has 2 aliphatic carbocycles.